The van der Waals surface area contributed by atoms with Crippen molar-refractivity contribution < 1.29 is 22.5 Å². The van der Waals surface area contributed by atoms with Crippen LogP contribution >= 0.6 is 11.6 Å². The maximum absolute atomic E-state index is 11.3. The summed E-state index contributed by atoms with van der Waals surface area (Å²) < 4.78 is 27.3. The topological polar surface area (TPSA) is 80.7 Å². The zero-order valence-electron chi connectivity index (χ0n) is 8.09. The molecule has 0 aliphatic carbocycles. The lowest BCUT2D eigenvalue weighted by molar-refractivity contribution is -0.136. The van der Waals surface area contributed by atoms with Gasteiger partial charge in [-0.05, 0) is 12.1 Å². The van der Waals surface area contributed by atoms with Crippen molar-refractivity contribution in [2.45, 2.75) is 6.42 Å². The number of rotatable bonds is 5. The van der Waals surface area contributed by atoms with Gasteiger partial charge in [0, 0.05) is 0 Å². The van der Waals surface area contributed by atoms with Gasteiger partial charge in [-0.3, -0.25) is 4.79 Å². The van der Waals surface area contributed by atoms with Crippen molar-refractivity contribution in [3.05, 3.63) is 29.3 Å². The molecule has 0 bridgehead atoms. The minimum Gasteiger partial charge on any atom is -0.481 e. The maximum Gasteiger partial charge on any atom is 0.309 e. The third-order valence-corrected chi connectivity index (χ3v) is 3.07. The molecule has 0 radical (unpaired) electrons. The predicted octanol–water partition coefficient (Wildman–Crippen LogP) is 1.52. The first kappa shape index (κ1) is 12.8. The zero-order valence-corrected chi connectivity index (χ0v) is 9.66. The van der Waals surface area contributed by atoms with Crippen LogP contribution in [0.4, 0.5) is 0 Å². The Balaban J connectivity index is 2.73. The molecule has 1 aromatic rings. The fourth-order valence-electron chi connectivity index (χ4n) is 0.903. The molecule has 0 aliphatic rings. The highest BCUT2D eigenvalue weighted by Crippen LogP contribution is 2.24. The van der Waals surface area contributed by atoms with Crippen LogP contribution in [0.2, 0.25) is 5.02 Å². The van der Waals surface area contributed by atoms with E-state index in [4.69, 9.17) is 16.7 Å². The van der Waals surface area contributed by atoms with Crippen LogP contribution < -0.4 is 4.18 Å². The van der Waals surface area contributed by atoms with E-state index >= 15 is 0 Å². The minimum atomic E-state index is -3.92. The average molecular weight is 265 g/mol. The Labute approximate surface area is 97.7 Å². The van der Waals surface area contributed by atoms with Crippen LogP contribution in [0.5, 0.6) is 5.75 Å². The van der Waals surface area contributed by atoms with Gasteiger partial charge in [-0.25, -0.2) is 0 Å². The van der Waals surface area contributed by atoms with E-state index in [9.17, 15) is 13.2 Å². The van der Waals surface area contributed by atoms with Crippen LogP contribution in [0.25, 0.3) is 0 Å². The summed E-state index contributed by atoms with van der Waals surface area (Å²) in [6.07, 6.45) is -0.507. The molecule has 0 unspecified atom stereocenters. The van der Waals surface area contributed by atoms with Crippen LogP contribution in [0.3, 0.4) is 0 Å². The molecule has 88 valence electrons. The summed E-state index contributed by atoms with van der Waals surface area (Å²) in [5, 5.41) is 8.51. The molecule has 0 aliphatic heterocycles. The first-order chi connectivity index (χ1) is 7.41. The number of carbonyl (C=O) groups is 1. The summed E-state index contributed by atoms with van der Waals surface area (Å²) in [6, 6.07) is 6.05. The molecule has 1 rings (SSSR count). The van der Waals surface area contributed by atoms with Gasteiger partial charge in [-0.2, -0.15) is 8.42 Å². The molecule has 0 saturated heterocycles. The number of hydrogen-bond acceptors (Lipinski definition) is 4. The number of hydrogen-bond donors (Lipinski definition) is 1. The van der Waals surface area contributed by atoms with E-state index in [1.165, 1.54) is 12.1 Å². The zero-order chi connectivity index (χ0) is 12.2. The second kappa shape index (κ2) is 5.18. The van der Waals surface area contributed by atoms with E-state index in [1.807, 2.05) is 0 Å². The lowest BCUT2D eigenvalue weighted by Crippen LogP contribution is -2.16. The highest BCUT2D eigenvalue weighted by molar-refractivity contribution is 7.87. The highest BCUT2D eigenvalue weighted by atomic mass is 35.5. The largest absolute Gasteiger partial charge is 0.481 e. The smallest absolute Gasteiger partial charge is 0.309 e. The molecule has 0 saturated carbocycles. The molecule has 0 spiro atoms. The minimum absolute atomic E-state index is 0.00504. The Kier molecular flexibility index (Phi) is 4.14. The average Bonchev–Trinajstić information content (AvgIpc) is 2.19. The molecule has 5 nitrogen and oxygen atoms in total. The van der Waals surface area contributed by atoms with Crippen LogP contribution in [0.15, 0.2) is 24.3 Å². The number of carboxylic acid groups (broad SMARTS) is 1. The number of para-hydroxylation sites is 1. The number of aliphatic carboxylic acids is 1. The molecule has 16 heavy (non-hydrogen) atoms. The van der Waals surface area contributed by atoms with Gasteiger partial charge in [0.2, 0.25) is 0 Å². The van der Waals surface area contributed by atoms with Crippen molar-refractivity contribution in [3.63, 3.8) is 0 Å². The third kappa shape index (κ3) is 4.08. The number of halogens is 1. The van der Waals surface area contributed by atoms with Crippen LogP contribution in [-0.4, -0.2) is 25.2 Å². The van der Waals surface area contributed by atoms with Gasteiger partial charge in [-0.1, -0.05) is 23.7 Å². The Bertz CT molecular complexity index is 482. The Morgan fingerprint density at radius 2 is 2.00 bits per heavy atom. The summed E-state index contributed by atoms with van der Waals surface area (Å²) in [7, 11) is -3.92. The molecule has 1 N–H and O–H groups in total. The number of carboxylic acids is 1. The summed E-state index contributed by atoms with van der Waals surface area (Å²) in [4.78, 5) is 10.2. The fraction of sp³-hybridized carbons (Fsp3) is 0.222. The first-order valence-corrected chi connectivity index (χ1v) is 6.25. The Hall–Kier alpha value is -1.27. The standard InChI is InChI=1S/C9H9ClO5S/c10-7-3-1-2-4-8(7)15-16(13,14)6-5-9(11)12/h1-4H,5-6H2,(H,11,12). The van der Waals surface area contributed by atoms with Gasteiger partial charge in [0.1, 0.15) is 0 Å². The van der Waals surface area contributed by atoms with Gasteiger partial charge in [-0.15, -0.1) is 0 Å². The van der Waals surface area contributed by atoms with Crippen molar-refractivity contribution in [3.8, 4) is 5.75 Å². The molecule has 0 fully saturated rings. The van der Waals surface area contributed by atoms with E-state index in [0.29, 0.717) is 0 Å². The summed E-state index contributed by atoms with van der Waals surface area (Å²) in [5.41, 5.74) is 0. The summed E-state index contributed by atoms with van der Waals surface area (Å²) in [6.45, 7) is 0. The van der Waals surface area contributed by atoms with E-state index in [0.717, 1.165) is 0 Å². The van der Waals surface area contributed by atoms with Gasteiger partial charge in [0.05, 0.1) is 17.2 Å². The fourth-order valence-corrected chi connectivity index (χ4v) is 2.05. The molecule has 0 aromatic heterocycles. The summed E-state index contributed by atoms with van der Waals surface area (Å²) >= 11 is 5.69. The first-order valence-electron chi connectivity index (χ1n) is 4.29. The van der Waals surface area contributed by atoms with Crippen molar-refractivity contribution in [1.82, 2.24) is 0 Å². The molecule has 7 heteroatoms. The monoisotopic (exact) mass is 264 g/mol. The molecule has 0 amide bonds. The van der Waals surface area contributed by atoms with E-state index < -0.39 is 28.3 Å². The van der Waals surface area contributed by atoms with Gasteiger partial charge >= 0.3 is 16.1 Å². The van der Waals surface area contributed by atoms with E-state index in [1.54, 1.807) is 12.1 Å². The second-order valence-corrected chi connectivity index (χ2v) is 5.02. The normalized spacial score (nSPS) is 11.1. The van der Waals surface area contributed by atoms with Gasteiger partial charge < -0.3 is 9.29 Å². The summed E-state index contributed by atoms with van der Waals surface area (Å²) in [5.74, 6) is -1.80. The highest BCUT2D eigenvalue weighted by Gasteiger charge is 2.16. The van der Waals surface area contributed by atoms with Crippen molar-refractivity contribution >= 4 is 27.7 Å². The lowest BCUT2D eigenvalue weighted by atomic mass is 10.3. The maximum atomic E-state index is 11.3. The van der Waals surface area contributed by atoms with Gasteiger partial charge in [0.25, 0.3) is 0 Å². The molecule has 0 heterocycles. The number of benzene rings is 1. The quantitative estimate of drug-likeness (QED) is 0.816. The lowest BCUT2D eigenvalue weighted by Gasteiger charge is -2.06. The predicted molar refractivity (Wildman–Crippen MR) is 58.1 cm³/mol. The Morgan fingerprint density at radius 1 is 1.38 bits per heavy atom. The molecule has 0 atom stereocenters. The van der Waals surface area contributed by atoms with Crippen LogP contribution in [0.1, 0.15) is 6.42 Å². The van der Waals surface area contributed by atoms with Crippen LogP contribution in [-0.2, 0) is 14.9 Å². The SMILES string of the molecule is O=C(O)CCS(=O)(=O)Oc1ccccc1Cl. The van der Waals surface area contributed by atoms with Crippen molar-refractivity contribution in [2.24, 2.45) is 0 Å². The third-order valence-electron chi connectivity index (χ3n) is 1.62. The van der Waals surface area contributed by atoms with E-state index in [-0.39, 0.29) is 10.8 Å². The molecular formula is C9H9ClO5S. The molecular weight excluding hydrogens is 256 g/mol. The van der Waals surface area contributed by atoms with Crippen molar-refractivity contribution in [1.29, 1.82) is 0 Å². The molecule has 1 aromatic carbocycles. The second-order valence-electron chi connectivity index (χ2n) is 2.92. The van der Waals surface area contributed by atoms with Crippen molar-refractivity contribution in [2.75, 3.05) is 5.75 Å². The van der Waals surface area contributed by atoms with Gasteiger partial charge in [0.15, 0.2) is 5.75 Å². The Morgan fingerprint density at radius 3 is 2.56 bits per heavy atom. The van der Waals surface area contributed by atoms with E-state index in [2.05, 4.69) is 4.18 Å². The van der Waals surface area contributed by atoms with Crippen LogP contribution in [0, 0.1) is 0 Å².